The molecule has 0 radical (unpaired) electrons. The maximum absolute atomic E-state index is 12.3. The number of rotatable bonds is 3. The van der Waals surface area contributed by atoms with Gasteiger partial charge in [0.05, 0.1) is 11.9 Å². The van der Waals surface area contributed by atoms with Gasteiger partial charge in [-0.2, -0.15) is 0 Å². The lowest BCUT2D eigenvalue weighted by atomic mass is 10.2. The summed E-state index contributed by atoms with van der Waals surface area (Å²) in [6, 6.07) is 10.7. The van der Waals surface area contributed by atoms with Crippen molar-refractivity contribution < 1.29 is 0 Å². The molecule has 3 aromatic rings. The van der Waals surface area contributed by atoms with Crippen LogP contribution in [-0.2, 0) is 6.54 Å². The van der Waals surface area contributed by atoms with Crippen molar-refractivity contribution in [2.75, 3.05) is 5.43 Å². The standard InChI is InChI=1S/C13H12N6O/c14-16-12-7-9(5-6-15-12)8-19-13(20)10-3-1-2-4-11(10)17-18-19/h1-7H,8,14H2,(H,15,16). The normalized spacial score (nSPS) is 10.7. The van der Waals surface area contributed by atoms with Gasteiger partial charge in [-0.1, -0.05) is 17.3 Å². The lowest BCUT2D eigenvalue weighted by Crippen LogP contribution is -2.24. The predicted molar refractivity (Wildman–Crippen MR) is 74.9 cm³/mol. The van der Waals surface area contributed by atoms with Gasteiger partial charge in [0.25, 0.3) is 5.56 Å². The van der Waals surface area contributed by atoms with Gasteiger partial charge in [0.1, 0.15) is 11.3 Å². The molecule has 0 unspecified atom stereocenters. The Bertz CT molecular complexity index is 813. The molecule has 0 aliphatic carbocycles. The van der Waals surface area contributed by atoms with Crippen molar-refractivity contribution in [3.8, 4) is 0 Å². The van der Waals surface area contributed by atoms with E-state index in [1.165, 1.54) is 4.68 Å². The second-order valence-corrected chi connectivity index (χ2v) is 4.26. The minimum Gasteiger partial charge on any atom is -0.308 e. The first-order valence-electron chi connectivity index (χ1n) is 6.02. The number of aromatic nitrogens is 4. The van der Waals surface area contributed by atoms with E-state index < -0.39 is 0 Å². The SMILES string of the molecule is NNc1cc(Cn2nnc3ccccc3c2=O)ccn1. The molecule has 20 heavy (non-hydrogen) atoms. The van der Waals surface area contributed by atoms with Crippen LogP contribution in [0.1, 0.15) is 5.56 Å². The Morgan fingerprint density at radius 3 is 2.95 bits per heavy atom. The highest BCUT2D eigenvalue weighted by Crippen LogP contribution is 2.07. The molecule has 0 aliphatic heterocycles. The van der Waals surface area contributed by atoms with Gasteiger partial charge in [0, 0.05) is 6.20 Å². The Labute approximate surface area is 114 Å². The molecule has 7 nitrogen and oxygen atoms in total. The van der Waals surface area contributed by atoms with Crippen LogP contribution < -0.4 is 16.8 Å². The lowest BCUT2D eigenvalue weighted by molar-refractivity contribution is 0.600. The summed E-state index contributed by atoms with van der Waals surface area (Å²) in [5.41, 5.74) is 3.74. The molecule has 0 fully saturated rings. The summed E-state index contributed by atoms with van der Waals surface area (Å²) < 4.78 is 1.32. The van der Waals surface area contributed by atoms with Crippen LogP contribution in [0.4, 0.5) is 5.82 Å². The highest BCUT2D eigenvalue weighted by atomic mass is 16.1. The summed E-state index contributed by atoms with van der Waals surface area (Å²) in [7, 11) is 0. The summed E-state index contributed by atoms with van der Waals surface area (Å²) in [5, 5.41) is 8.53. The van der Waals surface area contributed by atoms with Crippen molar-refractivity contribution in [3.63, 3.8) is 0 Å². The number of nitrogen functional groups attached to an aromatic ring is 1. The highest BCUT2D eigenvalue weighted by molar-refractivity contribution is 5.76. The van der Waals surface area contributed by atoms with Gasteiger partial charge >= 0.3 is 0 Å². The van der Waals surface area contributed by atoms with Gasteiger partial charge in [-0.15, -0.1) is 5.10 Å². The molecule has 3 rings (SSSR count). The van der Waals surface area contributed by atoms with Crippen molar-refractivity contribution in [2.45, 2.75) is 6.54 Å². The molecule has 0 spiro atoms. The summed E-state index contributed by atoms with van der Waals surface area (Å²) in [4.78, 5) is 16.3. The Morgan fingerprint density at radius 1 is 1.25 bits per heavy atom. The van der Waals surface area contributed by atoms with E-state index in [0.717, 1.165) is 5.56 Å². The predicted octanol–water partition coefficient (Wildman–Crippen LogP) is 0.520. The second-order valence-electron chi connectivity index (χ2n) is 4.26. The molecule has 3 N–H and O–H groups in total. The van der Waals surface area contributed by atoms with E-state index in [0.29, 0.717) is 23.3 Å². The maximum atomic E-state index is 12.3. The molecule has 7 heteroatoms. The van der Waals surface area contributed by atoms with Crippen LogP contribution in [0.25, 0.3) is 10.9 Å². The van der Waals surface area contributed by atoms with E-state index in [9.17, 15) is 4.79 Å². The van der Waals surface area contributed by atoms with E-state index in [1.807, 2.05) is 6.07 Å². The first-order valence-corrected chi connectivity index (χ1v) is 6.02. The zero-order valence-corrected chi connectivity index (χ0v) is 10.5. The number of hydrogen-bond donors (Lipinski definition) is 2. The van der Waals surface area contributed by atoms with E-state index in [1.54, 1.807) is 36.5 Å². The van der Waals surface area contributed by atoms with Crippen molar-refractivity contribution in [2.24, 2.45) is 5.84 Å². The average molecular weight is 268 g/mol. The van der Waals surface area contributed by atoms with Crippen molar-refractivity contribution >= 4 is 16.7 Å². The quantitative estimate of drug-likeness (QED) is 0.531. The van der Waals surface area contributed by atoms with Gasteiger partial charge in [0.2, 0.25) is 0 Å². The van der Waals surface area contributed by atoms with E-state index in [2.05, 4.69) is 20.7 Å². The molecule has 0 atom stereocenters. The van der Waals surface area contributed by atoms with Crippen LogP contribution in [0.2, 0.25) is 0 Å². The van der Waals surface area contributed by atoms with Crippen LogP contribution in [-0.4, -0.2) is 20.0 Å². The summed E-state index contributed by atoms with van der Waals surface area (Å²) in [6.07, 6.45) is 1.62. The number of fused-ring (bicyclic) bond motifs is 1. The number of benzene rings is 1. The number of pyridine rings is 1. The summed E-state index contributed by atoms with van der Waals surface area (Å²) in [6.45, 7) is 0.313. The van der Waals surface area contributed by atoms with Gasteiger partial charge in [-0.05, 0) is 29.8 Å². The minimum atomic E-state index is -0.172. The molecule has 2 heterocycles. The van der Waals surface area contributed by atoms with Gasteiger partial charge in [-0.3, -0.25) is 4.79 Å². The third-order valence-electron chi connectivity index (χ3n) is 2.93. The fourth-order valence-corrected chi connectivity index (χ4v) is 1.95. The Balaban J connectivity index is 2.02. The van der Waals surface area contributed by atoms with E-state index in [-0.39, 0.29) is 5.56 Å². The first-order chi connectivity index (χ1) is 9.78. The van der Waals surface area contributed by atoms with E-state index in [4.69, 9.17) is 5.84 Å². The number of nitrogens with two attached hydrogens (primary N) is 1. The Kier molecular flexibility index (Phi) is 3.10. The zero-order chi connectivity index (χ0) is 13.9. The fraction of sp³-hybridized carbons (Fsp3) is 0.0769. The van der Waals surface area contributed by atoms with E-state index >= 15 is 0 Å². The van der Waals surface area contributed by atoms with Gasteiger partial charge in [0.15, 0.2) is 0 Å². The number of hydrogen-bond acceptors (Lipinski definition) is 6. The first kappa shape index (κ1) is 12.2. The second kappa shape index (κ2) is 5.06. The zero-order valence-electron chi connectivity index (χ0n) is 10.5. The average Bonchev–Trinajstić information content (AvgIpc) is 2.50. The number of nitrogens with one attached hydrogen (secondary N) is 1. The van der Waals surface area contributed by atoms with Crippen molar-refractivity contribution in [1.82, 2.24) is 20.0 Å². The molecule has 100 valence electrons. The van der Waals surface area contributed by atoms with Crippen molar-refractivity contribution in [1.29, 1.82) is 0 Å². The van der Waals surface area contributed by atoms with Crippen LogP contribution in [0.15, 0.2) is 47.4 Å². The Hall–Kier alpha value is -2.80. The van der Waals surface area contributed by atoms with Crippen LogP contribution in [0.3, 0.4) is 0 Å². The van der Waals surface area contributed by atoms with Gasteiger partial charge < -0.3 is 5.43 Å². The summed E-state index contributed by atoms with van der Waals surface area (Å²) >= 11 is 0. The highest BCUT2D eigenvalue weighted by Gasteiger charge is 2.06. The number of hydrazine groups is 1. The van der Waals surface area contributed by atoms with Gasteiger partial charge in [-0.25, -0.2) is 15.5 Å². The Morgan fingerprint density at radius 2 is 2.10 bits per heavy atom. The maximum Gasteiger partial charge on any atom is 0.277 e. The molecule has 1 aromatic carbocycles. The molecule has 0 saturated carbocycles. The molecule has 2 aromatic heterocycles. The fourth-order valence-electron chi connectivity index (χ4n) is 1.95. The molecular formula is C13H12N6O. The number of anilines is 1. The van der Waals surface area contributed by atoms with Crippen LogP contribution >= 0.6 is 0 Å². The third-order valence-corrected chi connectivity index (χ3v) is 2.93. The topological polar surface area (TPSA) is 98.7 Å². The van der Waals surface area contributed by atoms with Crippen LogP contribution in [0.5, 0.6) is 0 Å². The lowest BCUT2D eigenvalue weighted by Gasteiger charge is -2.06. The molecular weight excluding hydrogens is 256 g/mol. The minimum absolute atomic E-state index is 0.172. The molecule has 0 saturated heterocycles. The smallest absolute Gasteiger partial charge is 0.277 e. The largest absolute Gasteiger partial charge is 0.308 e. The molecule has 0 aliphatic rings. The monoisotopic (exact) mass is 268 g/mol. The number of nitrogens with zero attached hydrogens (tertiary/aromatic N) is 4. The molecule has 0 bridgehead atoms. The molecule has 0 amide bonds. The summed E-state index contributed by atoms with van der Waals surface area (Å²) in [5.74, 6) is 5.84. The van der Waals surface area contributed by atoms with Crippen LogP contribution in [0, 0.1) is 0 Å². The third kappa shape index (κ3) is 2.21. The van der Waals surface area contributed by atoms with Crippen molar-refractivity contribution in [3.05, 3.63) is 58.5 Å².